The van der Waals surface area contributed by atoms with Crippen molar-refractivity contribution in [2.24, 2.45) is 10.8 Å². The molecular formula is C21H33NO5. The van der Waals surface area contributed by atoms with Gasteiger partial charge in [-0.05, 0) is 57.2 Å². The number of carboxylic acid groups (broad SMARTS) is 2. The molecule has 1 rings (SSSR count). The molecule has 1 aromatic rings. The van der Waals surface area contributed by atoms with Gasteiger partial charge in [0.15, 0.2) is 0 Å². The Labute approximate surface area is 161 Å². The van der Waals surface area contributed by atoms with Crippen molar-refractivity contribution >= 4 is 11.9 Å². The van der Waals surface area contributed by atoms with Gasteiger partial charge in [-0.15, -0.1) is 0 Å². The number of aliphatic hydroxyl groups is 1. The van der Waals surface area contributed by atoms with Gasteiger partial charge in [-0.1, -0.05) is 32.0 Å². The Balaban J connectivity index is 3.26. The average Bonchev–Trinajstić information content (AvgIpc) is 2.53. The first kappa shape index (κ1) is 23.1. The minimum Gasteiger partial charge on any atom is -0.481 e. The molecule has 0 fully saturated rings. The number of aliphatic carboxylic acids is 2. The van der Waals surface area contributed by atoms with Gasteiger partial charge in [0.2, 0.25) is 0 Å². The van der Waals surface area contributed by atoms with Crippen LogP contribution >= 0.6 is 0 Å². The average molecular weight is 379 g/mol. The van der Waals surface area contributed by atoms with E-state index >= 15 is 0 Å². The molecule has 1 unspecified atom stereocenters. The third-order valence-electron chi connectivity index (χ3n) is 4.76. The SMILES string of the molecule is CC(C)NCC(O)c1ccc(CC(C)(C)C(=O)O)c(CC(C)(C)C(=O)O)c1. The molecular weight excluding hydrogens is 346 g/mol. The monoisotopic (exact) mass is 379 g/mol. The van der Waals surface area contributed by atoms with Crippen molar-refractivity contribution < 1.29 is 24.9 Å². The Bertz CT molecular complexity index is 679. The molecule has 0 aliphatic rings. The van der Waals surface area contributed by atoms with Crippen LogP contribution in [-0.4, -0.2) is 39.8 Å². The molecule has 6 nitrogen and oxygen atoms in total. The maximum Gasteiger partial charge on any atom is 0.309 e. The van der Waals surface area contributed by atoms with Crippen molar-refractivity contribution in [3.63, 3.8) is 0 Å². The largest absolute Gasteiger partial charge is 0.481 e. The van der Waals surface area contributed by atoms with Crippen molar-refractivity contribution in [1.82, 2.24) is 5.32 Å². The third-order valence-corrected chi connectivity index (χ3v) is 4.76. The summed E-state index contributed by atoms with van der Waals surface area (Å²) in [6.45, 7) is 11.0. The van der Waals surface area contributed by atoms with Crippen LogP contribution in [0.4, 0.5) is 0 Å². The summed E-state index contributed by atoms with van der Waals surface area (Å²) in [5, 5.41) is 32.5. The molecule has 1 atom stereocenters. The van der Waals surface area contributed by atoms with Gasteiger partial charge in [0, 0.05) is 12.6 Å². The van der Waals surface area contributed by atoms with Crippen molar-refractivity contribution in [3.8, 4) is 0 Å². The zero-order valence-corrected chi connectivity index (χ0v) is 17.2. The van der Waals surface area contributed by atoms with Gasteiger partial charge >= 0.3 is 11.9 Å². The van der Waals surface area contributed by atoms with Crippen LogP contribution in [0.2, 0.25) is 0 Å². The highest BCUT2D eigenvalue weighted by Gasteiger charge is 2.32. The molecule has 0 bridgehead atoms. The summed E-state index contributed by atoms with van der Waals surface area (Å²) >= 11 is 0. The second kappa shape index (κ2) is 8.85. The van der Waals surface area contributed by atoms with E-state index in [4.69, 9.17) is 0 Å². The smallest absolute Gasteiger partial charge is 0.309 e. The molecule has 0 aliphatic heterocycles. The van der Waals surface area contributed by atoms with Crippen LogP contribution in [0, 0.1) is 10.8 Å². The van der Waals surface area contributed by atoms with E-state index in [0.29, 0.717) is 12.1 Å². The Hall–Kier alpha value is -1.92. The molecule has 0 amide bonds. The first-order chi connectivity index (χ1) is 12.3. The fourth-order valence-electron chi connectivity index (χ4n) is 2.76. The van der Waals surface area contributed by atoms with E-state index in [0.717, 1.165) is 11.1 Å². The van der Waals surface area contributed by atoms with Crippen LogP contribution in [0.25, 0.3) is 0 Å². The van der Waals surface area contributed by atoms with Crippen LogP contribution in [-0.2, 0) is 22.4 Å². The predicted octanol–water partition coefficient (Wildman–Crippen LogP) is 3.02. The van der Waals surface area contributed by atoms with E-state index in [1.165, 1.54) is 0 Å². The number of carboxylic acids is 2. The molecule has 152 valence electrons. The van der Waals surface area contributed by atoms with E-state index in [1.54, 1.807) is 33.8 Å². The minimum absolute atomic E-state index is 0.237. The number of hydrogen-bond acceptors (Lipinski definition) is 4. The molecule has 4 N–H and O–H groups in total. The number of nitrogens with one attached hydrogen (secondary N) is 1. The molecule has 0 saturated carbocycles. The highest BCUT2D eigenvalue weighted by Crippen LogP contribution is 2.31. The summed E-state index contributed by atoms with van der Waals surface area (Å²) in [6, 6.07) is 5.65. The summed E-state index contributed by atoms with van der Waals surface area (Å²) in [6.07, 6.45) is -0.180. The normalized spacial score (nSPS) is 13.6. The second-order valence-corrected chi connectivity index (χ2v) is 8.84. The highest BCUT2D eigenvalue weighted by atomic mass is 16.4. The first-order valence-electron chi connectivity index (χ1n) is 9.26. The summed E-state index contributed by atoms with van der Waals surface area (Å²) in [5.74, 6) is -1.82. The fraction of sp³-hybridized carbons (Fsp3) is 0.619. The van der Waals surface area contributed by atoms with Gasteiger partial charge in [0.25, 0.3) is 0 Å². The van der Waals surface area contributed by atoms with E-state index in [2.05, 4.69) is 5.32 Å². The Kier molecular flexibility index (Phi) is 7.57. The first-order valence-corrected chi connectivity index (χ1v) is 9.26. The van der Waals surface area contributed by atoms with Crippen LogP contribution in [0.3, 0.4) is 0 Å². The number of carbonyl (C=O) groups is 2. The fourth-order valence-corrected chi connectivity index (χ4v) is 2.76. The lowest BCUT2D eigenvalue weighted by Crippen LogP contribution is -2.30. The lowest BCUT2D eigenvalue weighted by molar-refractivity contribution is -0.147. The molecule has 0 aromatic heterocycles. The molecule has 27 heavy (non-hydrogen) atoms. The molecule has 0 spiro atoms. The predicted molar refractivity (Wildman–Crippen MR) is 105 cm³/mol. The van der Waals surface area contributed by atoms with Gasteiger partial charge in [-0.2, -0.15) is 0 Å². The number of aliphatic hydroxyl groups excluding tert-OH is 1. The van der Waals surface area contributed by atoms with Crippen molar-refractivity contribution in [3.05, 3.63) is 34.9 Å². The molecule has 6 heteroatoms. The Morgan fingerprint density at radius 1 is 0.963 bits per heavy atom. The van der Waals surface area contributed by atoms with Crippen LogP contribution in [0.15, 0.2) is 18.2 Å². The van der Waals surface area contributed by atoms with Crippen LogP contribution in [0.1, 0.15) is 64.3 Å². The highest BCUT2D eigenvalue weighted by molar-refractivity contribution is 5.75. The number of hydrogen-bond donors (Lipinski definition) is 4. The lowest BCUT2D eigenvalue weighted by atomic mass is 9.79. The zero-order chi connectivity index (χ0) is 21.0. The Morgan fingerprint density at radius 3 is 1.89 bits per heavy atom. The van der Waals surface area contributed by atoms with Crippen molar-refractivity contribution in [2.75, 3.05) is 6.54 Å². The number of rotatable bonds is 10. The topological polar surface area (TPSA) is 107 Å². The molecule has 0 radical (unpaired) electrons. The van der Waals surface area contributed by atoms with Crippen LogP contribution < -0.4 is 5.32 Å². The van der Waals surface area contributed by atoms with Crippen molar-refractivity contribution in [2.45, 2.75) is 66.5 Å². The lowest BCUT2D eigenvalue weighted by Gasteiger charge is -2.26. The summed E-state index contributed by atoms with van der Waals surface area (Å²) in [5.41, 5.74) is 0.280. The molecule has 0 heterocycles. The summed E-state index contributed by atoms with van der Waals surface area (Å²) < 4.78 is 0. The molecule has 1 aromatic carbocycles. The third kappa shape index (κ3) is 6.63. The van der Waals surface area contributed by atoms with Gasteiger partial charge < -0.3 is 20.6 Å². The van der Waals surface area contributed by atoms with Crippen LogP contribution in [0.5, 0.6) is 0 Å². The maximum atomic E-state index is 11.6. The second-order valence-electron chi connectivity index (χ2n) is 8.84. The van der Waals surface area contributed by atoms with E-state index in [1.807, 2.05) is 26.0 Å². The van der Waals surface area contributed by atoms with E-state index in [9.17, 15) is 24.9 Å². The van der Waals surface area contributed by atoms with Gasteiger partial charge in [0.05, 0.1) is 16.9 Å². The molecule has 0 saturated heterocycles. The zero-order valence-electron chi connectivity index (χ0n) is 17.2. The maximum absolute atomic E-state index is 11.6. The van der Waals surface area contributed by atoms with E-state index < -0.39 is 28.9 Å². The quantitative estimate of drug-likeness (QED) is 0.498. The minimum atomic E-state index is -0.998. The standard InChI is InChI=1S/C21H33NO5/c1-13(2)22-12-17(23)14-7-8-15(10-20(3,4)18(24)25)16(9-14)11-21(5,6)19(26)27/h7-9,13,17,22-23H,10-12H2,1-6H3,(H,24,25)(H,26,27). The summed E-state index contributed by atoms with van der Waals surface area (Å²) in [7, 11) is 0. The van der Waals surface area contributed by atoms with Crippen molar-refractivity contribution in [1.29, 1.82) is 0 Å². The van der Waals surface area contributed by atoms with Gasteiger partial charge in [-0.3, -0.25) is 9.59 Å². The van der Waals surface area contributed by atoms with Gasteiger partial charge in [0.1, 0.15) is 0 Å². The summed E-state index contributed by atoms with van der Waals surface area (Å²) in [4.78, 5) is 23.1. The molecule has 0 aliphatic carbocycles. The Morgan fingerprint density at radius 2 is 1.44 bits per heavy atom. The number of benzene rings is 1. The van der Waals surface area contributed by atoms with E-state index in [-0.39, 0.29) is 18.9 Å². The van der Waals surface area contributed by atoms with Gasteiger partial charge in [-0.25, -0.2) is 0 Å².